The van der Waals surface area contributed by atoms with E-state index in [1.54, 1.807) is 36.4 Å². The van der Waals surface area contributed by atoms with Gasteiger partial charge in [0.1, 0.15) is 0 Å². The lowest BCUT2D eigenvalue weighted by Crippen LogP contribution is -2.25. The molecule has 0 aliphatic heterocycles. The Bertz CT molecular complexity index is 756. The van der Waals surface area contributed by atoms with E-state index in [0.717, 1.165) is 9.13 Å². The third kappa shape index (κ3) is 4.41. The molecule has 0 radical (unpaired) electrons. The lowest BCUT2D eigenvalue weighted by molar-refractivity contribution is 0.0959. The highest BCUT2D eigenvalue weighted by molar-refractivity contribution is 14.1. The van der Waals surface area contributed by atoms with Crippen LogP contribution in [-0.2, 0) is 0 Å². The molecule has 2 amide bonds. The molecule has 0 saturated carbocycles. The van der Waals surface area contributed by atoms with Crippen molar-refractivity contribution in [2.24, 2.45) is 0 Å². The fourth-order valence-corrected chi connectivity index (χ4v) is 2.49. The molecule has 0 aromatic heterocycles. The van der Waals surface area contributed by atoms with E-state index in [2.05, 4.69) is 39.8 Å². The summed E-state index contributed by atoms with van der Waals surface area (Å²) in [7, 11) is 0. The summed E-state index contributed by atoms with van der Waals surface area (Å²) in [5.74, 6) is -0.494. The Morgan fingerprint density at radius 3 is 2.61 bits per heavy atom. The lowest BCUT2D eigenvalue weighted by atomic mass is 10.1. The molecule has 0 heterocycles. The average molecular weight is 420 g/mol. The molecule has 118 valence electrons. The van der Waals surface area contributed by atoms with Gasteiger partial charge in [-0.1, -0.05) is 24.3 Å². The predicted octanol–water partition coefficient (Wildman–Crippen LogP) is 3.77. The number of benzene rings is 2. The number of carbonyl (C=O) groups is 2. The van der Waals surface area contributed by atoms with Gasteiger partial charge in [0.15, 0.2) is 0 Å². The highest BCUT2D eigenvalue weighted by Crippen LogP contribution is 2.18. The van der Waals surface area contributed by atoms with Gasteiger partial charge in [-0.2, -0.15) is 0 Å². The fraction of sp³-hybridized carbons (Fsp3) is 0.111. The second-order valence-corrected chi connectivity index (χ2v) is 6.12. The van der Waals surface area contributed by atoms with Crippen molar-refractivity contribution < 1.29 is 9.59 Å². The normalized spacial score (nSPS) is 10.0. The molecule has 0 aliphatic rings. The van der Waals surface area contributed by atoms with Gasteiger partial charge < -0.3 is 10.6 Å². The SMILES string of the molecule is C=CCNC(=O)c1ccccc1NC(=O)c1ccc(C)c(I)c1. The number of hydrogen-bond donors (Lipinski definition) is 2. The molecule has 2 aromatic carbocycles. The van der Waals surface area contributed by atoms with Gasteiger partial charge in [-0.3, -0.25) is 9.59 Å². The standard InChI is InChI=1S/C18H17IN2O2/c1-3-10-20-18(23)14-6-4-5-7-16(14)21-17(22)13-9-8-12(2)15(19)11-13/h3-9,11H,1,10H2,2H3,(H,20,23)(H,21,22). The fourth-order valence-electron chi connectivity index (χ4n) is 1.98. The van der Waals surface area contributed by atoms with Crippen LogP contribution in [0.3, 0.4) is 0 Å². The lowest BCUT2D eigenvalue weighted by Gasteiger charge is -2.11. The predicted molar refractivity (Wildman–Crippen MR) is 101 cm³/mol. The number of para-hydroxylation sites is 1. The smallest absolute Gasteiger partial charge is 0.255 e. The minimum atomic E-state index is -0.251. The summed E-state index contributed by atoms with van der Waals surface area (Å²) in [5, 5.41) is 5.51. The largest absolute Gasteiger partial charge is 0.349 e. The van der Waals surface area contributed by atoms with Gasteiger partial charge in [-0.15, -0.1) is 6.58 Å². The van der Waals surface area contributed by atoms with E-state index < -0.39 is 0 Å². The van der Waals surface area contributed by atoms with Crippen LogP contribution < -0.4 is 10.6 Å². The van der Waals surface area contributed by atoms with Crippen LogP contribution >= 0.6 is 22.6 Å². The molecule has 5 heteroatoms. The molecular formula is C18H17IN2O2. The number of halogens is 1. The first kappa shape index (κ1) is 17.2. The van der Waals surface area contributed by atoms with Crippen LogP contribution in [0.4, 0.5) is 5.69 Å². The Morgan fingerprint density at radius 1 is 1.17 bits per heavy atom. The van der Waals surface area contributed by atoms with E-state index in [9.17, 15) is 9.59 Å². The van der Waals surface area contributed by atoms with Gasteiger partial charge in [0.05, 0.1) is 11.3 Å². The Kier molecular flexibility index (Phi) is 5.92. The van der Waals surface area contributed by atoms with Crippen LogP contribution in [0.25, 0.3) is 0 Å². The summed E-state index contributed by atoms with van der Waals surface area (Å²) in [6.45, 7) is 5.93. The highest BCUT2D eigenvalue weighted by atomic mass is 127. The summed E-state index contributed by atoms with van der Waals surface area (Å²) in [6, 6.07) is 12.4. The zero-order valence-electron chi connectivity index (χ0n) is 12.7. The monoisotopic (exact) mass is 420 g/mol. The molecule has 0 unspecified atom stereocenters. The first-order chi connectivity index (χ1) is 11.0. The van der Waals surface area contributed by atoms with Crippen LogP contribution in [-0.4, -0.2) is 18.4 Å². The maximum Gasteiger partial charge on any atom is 0.255 e. The van der Waals surface area contributed by atoms with Gasteiger partial charge in [0.2, 0.25) is 0 Å². The molecule has 0 saturated heterocycles. The molecule has 4 nitrogen and oxygen atoms in total. The van der Waals surface area contributed by atoms with Crippen LogP contribution in [0.5, 0.6) is 0 Å². The topological polar surface area (TPSA) is 58.2 Å². The molecule has 0 atom stereocenters. The number of amides is 2. The van der Waals surface area contributed by atoms with Gasteiger partial charge in [-0.05, 0) is 59.3 Å². The minimum Gasteiger partial charge on any atom is -0.349 e. The van der Waals surface area contributed by atoms with Crippen molar-refractivity contribution in [2.45, 2.75) is 6.92 Å². The molecule has 2 N–H and O–H groups in total. The van der Waals surface area contributed by atoms with Crippen LogP contribution in [0, 0.1) is 10.5 Å². The second-order valence-electron chi connectivity index (χ2n) is 4.96. The van der Waals surface area contributed by atoms with Crippen molar-refractivity contribution in [1.82, 2.24) is 5.32 Å². The maximum atomic E-state index is 12.4. The summed E-state index contributed by atoms with van der Waals surface area (Å²) in [5.41, 5.74) is 2.58. The first-order valence-electron chi connectivity index (χ1n) is 7.08. The molecule has 0 aliphatic carbocycles. The molecule has 23 heavy (non-hydrogen) atoms. The van der Waals surface area contributed by atoms with Gasteiger partial charge >= 0.3 is 0 Å². The zero-order valence-corrected chi connectivity index (χ0v) is 14.9. The Balaban J connectivity index is 2.22. The Morgan fingerprint density at radius 2 is 1.91 bits per heavy atom. The van der Waals surface area contributed by atoms with Gasteiger partial charge in [0.25, 0.3) is 11.8 Å². The Labute approximate surface area is 149 Å². The summed E-state index contributed by atoms with van der Waals surface area (Å²) in [6.07, 6.45) is 1.60. The van der Waals surface area contributed by atoms with Crippen molar-refractivity contribution in [3.05, 3.63) is 75.4 Å². The van der Waals surface area contributed by atoms with Crippen molar-refractivity contribution in [2.75, 3.05) is 11.9 Å². The number of nitrogens with one attached hydrogen (secondary N) is 2. The zero-order chi connectivity index (χ0) is 16.8. The molecule has 2 rings (SSSR count). The number of anilines is 1. The molecule has 0 spiro atoms. The van der Waals surface area contributed by atoms with Crippen LogP contribution in [0.1, 0.15) is 26.3 Å². The van der Waals surface area contributed by atoms with E-state index in [1.165, 1.54) is 0 Å². The first-order valence-corrected chi connectivity index (χ1v) is 8.16. The van der Waals surface area contributed by atoms with E-state index in [0.29, 0.717) is 23.4 Å². The third-order valence-corrected chi connectivity index (χ3v) is 4.42. The number of hydrogen-bond acceptors (Lipinski definition) is 2. The maximum absolute atomic E-state index is 12.4. The van der Waals surface area contributed by atoms with E-state index in [1.807, 2.05) is 19.1 Å². The van der Waals surface area contributed by atoms with E-state index in [4.69, 9.17) is 0 Å². The summed E-state index contributed by atoms with van der Waals surface area (Å²) in [4.78, 5) is 24.5. The van der Waals surface area contributed by atoms with Crippen molar-refractivity contribution >= 4 is 40.1 Å². The summed E-state index contributed by atoms with van der Waals surface area (Å²) >= 11 is 2.19. The van der Waals surface area contributed by atoms with Gasteiger partial charge in [-0.25, -0.2) is 0 Å². The molecule has 2 aromatic rings. The molecular weight excluding hydrogens is 403 g/mol. The van der Waals surface area contributed by atoms with Crippen molar-refractivity contribution in [1.29, 1.82) is 0 Å². The third-order valence-electron chi connectivity index (χ3n) is 3.26. The quantitative estimate of drug-likeness (QED) is 0.572. The van der Waals surface area contributed by atoms with E-state index in [-0.39, 0.29) is 11.8 Å². The number of rotatable bonds is 5. The van der Waals surface area contributed by atoms with Crippen molar-refractivity contribution in [3.63, 3.8) is 0 Å². The van der Waals surface area contributed by atoms with Crippen LogP contribution in [0.15, 0.2) is 55.1 Å². The number of aryl methyl sites for hydroxylation is 1. The van der Waals surface area contributed by atoms with Crippen molar-refractivity contribution in [3.8, 4) is 0 Å². The molecule has 0 fully saturated rings. The average Bonchev–Trinajstić information content (AvgIpc) is 2.55. The van der Waals surface area contributed by atoms with Gasteiger partial charge in [0, 0.05) is 15.7 Å². The summed E-state index contributed by atoms with van der Waals surface area (Å²) < 4.78 is 1.02. The minimum absolute atomic E-state index is 0.244. The number of carbonyl (C=O) groups excluding carboxylic acids is 2. The van der Waals surface area contributed by atoms with Crippen LogP contribution in [0.2, 0.25) is 0 Å². The Hall–Kier alpha value is -2.15. The highest BCUT2D eigenvalue weighted by Gasteiger charge is 2.14. The van der Waals surface area contributed by atoms with E-state index >= 15 is 0 Å². The second kappa shape index (κ2) is 7.92. The molecule has 0 bridgehead atoms.